The molecule has 1 unspecified atom stereocenters. The average molecular weight is 241 g/mol. The molecule has 16 heavy (non-hydrogen) atoms. The SMILES string of the molecule is CCC(C)CN(CC)Cc1cccc(Cl)n1. The van der Waals surface area contributed by atoms with Crippen LogP contribution in [0.3, 0.4) is 0 Å². The second-order valence-electron chi connectivity index (χ2n) is 4.29. The summed E-state index contributed by atoms with van der Waals surface area (Å²) >= 11 is 5.87. The fraction of sp³-hybridized carbons (Fsp3) is 0.615. The lowest BCUT2D eigenvalue weighted by molar-refractivity contribution is 0.235. The van der Waals surface area contributed by atoms with E-state index in [9.17, 15) is 0 Å². The minimum absolute atomic E-state index is 0.581. The Morgan fingerprint density at radius 2 is 2.12 bits per heavy atom. The van der Waals surface area contributed by atoms with E-state index in [4.69, 9.17) is 11.6 Å². The highest BCUT2D eigenvalue weighted by molar-refractivity contribution is 6.29. The van der Waals surface area contributed by atoms with E-state index in [1.165, 1.54) is 6.42 Å². The maximum Gasteiger partial charge on any atom is 0.129 e. The number of halogens is 1. The lowest BCUT2D eigenvalue weighted by atomic mass is 10.1. The predicted molar refractivity (Wildman–Crippen MR) is 69.7 cm³/mol. The van der Waals surface area contributed by atoms with E-state index in [-0.39, 0.29) is 0 Å². The Morgan fingerprint density at radius 3 is 2.69 bits per heavy atom. The Morgan fingerprint density at radius 1 is 1.38 bits per heavy atom. The standard InChI is InChI=1S/C13H21ClN2/c1-4-11(3)9-16(5-2)10-12-7-6-8-13(14)15-12/h6-8,11H,4-5,9-10H2,1-3H3. The second kappa shape index (κ2) is 6.87. The summed E-state index contributed by atoms with van der Waals surface area (Å²) in [6.45, 7) is 9.78. The van der Waals surface area contributed by atoms with Gasteiger partial charge in [-0.25, -0.2) is 4.98 Å². The van der Waals surface area contributed by atoms with Crippen molar-refractivity contribution in [1.82, 2.24) is 9.88 Å². The van der Waals surface area contributed by atoms with E-state index in [0.29, 0.717) is 5.15 Å². The summed E-state index contributed by atoms with van der Waals surface area (Å²) in [4.78, 5) is 6.73. The van der Waals surface area contributed by atoms with Gasteiger partial charge in [0, 0.05) is 13.1 Å². The highest BCUT2D eigenvalue weighted by atomic mass is 35.5. The molecule has 1 atom stereocenters. The van der Waals surface area contributed by atoms with Crippen molar-refractivity contribution in [3.05, 3.63) is 29.0 Å². The summed E-state index contributed by atoms with van der Waals surface area (Å²) in [7, 11) is 0. The van der Waals surface area contributed by atoms with Crippen molar-refractivity contribution in [2.45, 2.75) is 33.7 Å². The Balaban J connectivity index is 2.56. The summed E-state index contributed by atoms with van der Waals surface area (Å²) in [6.07, 6.45) is 1.22. The van der Waals surface area contributed by atoms with Crippen LogP contribution >= 0.6 is 11.6 Å². The zero-order valence-electron chi connectivity index (χ0n) is 10.4. The van der Waals surface area contributed by atoms with E-state index >= 15 is 0 Å². The molecule has 1 heterocycles. The third-order valence-corrected chi connectivity index (χ3v) is 3.08. The van der Waals surface area contributed by atoms with E-state index in [2.05, 4.69) is 30.7 Å². The van der Waals surface area contributed by atoms with Crippen LogP contribution in [0.2, 0.25) is 5.15 Å². The summed E-state index contributed by atoms with van der Waals surface area (Å²) in [6, 6.07) is 5.81. The second-order valence-corrected chi connectivity index (χ2v) is 4.68. The molecule has 1 rings (SSSR count). The lowest BCUT2D eigenvalue weighted by Crippen LogP contribution is -2.28. The van der Waals surface area contributed by atoms with Crippen molar-refractivity contribution < 1.29 is 0 Å². The largest absolute Gasteiger partial charge is 0.298 e. The van der Waals surface area contributed by atoms with Gasteiger partial charge in [0.25, 0.3) is 0 Å². The van der Waals surface area contributed by atoms with Gasteiger partial charge in [-0.2, -0.15) is 0 Å². The minimum atomic E-state index is 0.581. The predicted octanol–water partition coefficient (Wildman–Crippen LogP) is 3.60. The molecule has 1 aromatic heterocycles. The fourth-order valence-corrected chi connectivity index (χ4v) is 1.82. The molecule has 0 radical (unpaired) electrons. The first-order chi connectivity index (χ1) is 7.65. The summed E-state index contributed by atoms with van der Waals surface area (Å²) in [5, 5.41) is 0.581. The number of aromatic nitrogens is 1. The third kappa shape index (κ3) is 4.50. The van der Waals surface area contributed by atoms with Crippen LogP contribution in [0.1, 0.15) is 32.9 Å². The molecule has 0 fully saturated rings. The molecule has 0 N–H and O–H groups in total. The van der Waals surface area contributed by atoms with E-state index < -0.39 is 0 Å². The maximum absolute atomic E-state index is 5.87. The van der Waals surface area contributed by atoms with Crippen LogP contribution in [-0.2, 0) is 6.54 Å². The number of nitrogens with zero attached hydrogens (tertiary/aromatic N) is 2. The fourth-order valence-electron chi connectivity index (χ4n) is 1.64. The molecule has 0 saturated carbocycles. The average Bonchev–Trinajstić information content (AvgIpc) is 2.28. The topological polar surface area (TPSA) is 16.1 Å². The Labute approximate surface area is 104 Å². The lowest BCUT2D eigenvalue weighted by Gasteiger charge is -2.23. The number of hydrogen-bond donors (Lipinski definition) is 0. The van der Waals surface area contributed by atoms with Gasteiger partial charge in [0.1, 0.15) is 5.15 Å². The molecule has 0 spiro atoms. The van der Waals surface area contributed by atoms with Crippen molar-refractivity contribution in [2.75, 3.05) is 13.1 Å². The number of rotatable bonds is 6. The molecule has 0 amide bonds. The van der Waals surface area contributed by atoms with Crippen molar-refractivity contribution in [2.24, 2.45) is 5.92 Å². The molecule has 0 aliphatic carbocycles. The van der Waals surface area contributed by atoms with Gasteiger partial charge in [0.2, 0.25) is 0 Å². The van der Waals surface area contributed by atoms with Crippen molar-refractivity contribution in [1.29, 1.82) is 0 Å². The van der Waals surface area contributed by atoms with Gasteiger partial charge in [-0.3, -0.25) is 4.90 Å². The van der Waals surface area contributed by atoms with Gasteiger partial charge in [-0.1, -0.05) is 44.9 Å². The molecule has 0 bridgehead atoms. The first-order valence-corrected chi connectivity index (χ1v) is 6.37. The summed E-state index contributed by atoms with van der Waals surface area (Å²) in [5.41, 5.74) is 1.05. The van der Waals surface area contributed by atoms with Crippen LogP contribution in [0, 0.1) is 5.92 Å². The molecule has 3 heteroatoms. The molecule has 0 aromatic carbocycles. The summed E-state index contributed by atoms with van der Waals surface area (Å²) in [5.74, 6) is 0.735. The van der Waals surface area contributed by atoms with Gasteiger partial charge in [-0.05, 0) is 24.6 Å². The van der Waals surface area contributed by atoms with E-state index in [0.717, 1.165) is 31.2 Å². The third-order valence-electron chi connectivity index (χ3n) is 2.87. The molecular formula is C13H21ClN2. The first kappa shape index (κ1) is 13.5. The van der Waals surface area contributed by atoms with Crippen LogP contribution in [0.25, 0.3) is 0 Å². The Hall–Kier alpha value is -0.600. The van der Waals surface area contributed by atoms with Crippen LogP contribution < -0.4 is 0 Å². The van der Waals surface area contributed by atoms with Gasteiger partial charge < -0.3 is 0 Å². The van der Waals surface area contributed by atoms with Crippen LogP contribution in [0.4, 0.5) is 0 Å². The Kier molecular flexibility index (Phi) is 5.78. The van der Waals surface area contributed by atoms with E-state index in [1.807, 2.05) is 18.2 Å². The molecule has 0 aliphatic rings. The Bertz CT molecular complexity index is 315. The molecular weight excluding hydrogens is 220 g/mol. The van der Waals surface area contributed by atoms with Crippen molar-refractivity contribution in [3.63, 3.8) is 0 Å². The first-order valence-electron chi connectivity index (χ1n) is 5.99. The van der Waals surface area contributed by atoms with Crippen LogP contribution in [0.15, 0.2) is 18.2 Å². The monoisotopic (exact) mass is 240 g/mol. The molecule has 2 nitrogen and oxygen atoms in total. The highest BCUT2D eigenvalue weighted by Gasteiger charge is 2.08. The van der Waals surface area contributed by atoms with Gasteiger partial charge in [-0.15, -0.1) is 0 Å². The zero-order chi connectivity index (χ0) is 12.0. The number of hydrogen-bond acceptors (Lipinski definition) is 2. The van der Waals surface area contributed by atoms with Crippen LogP contribution in [0.5, 0.6) is 0 Å². The molecule has 0 saturated heterocycles. The molecule has 1 aromatic rings. The molecule has 90 valence electrons. The van der Waals surface area contributed by atoms with Gasteiger partial charge >= 0.3 is 0 Å². The van der Waals surface area contributed by atoms with Crippen molar-refractivity contribution in [3.8, 4) is 0 Å². The van der Waals surface area contributed by atoms with Gasteiger partial charge in [0.05, 0.1) is 5.69 Å². The normalized spacial score (nSPS) is 13.1. The van der Waals surface area contributed by atoms with E-state index in [1.54, 1.807) is 0 Å². The zero-order valence-corrected chi connectivity index (χ0v) is 11.2. The smallest absolute Gasteiger partial charge is 0.129 e. The quantitative estimate of drug-likeness (QED) is 0.707. The summed E-state index contributed by atoms with van der Waals surface area (Å²) < 4.78 is 0. The van der Waals surface area contributed by atoms with Gasteiger partial charge in [0.15, 0.2) is 0 Å². The number of pyridine rings is 1. The van der Waals surface area contributed by atoms with Crippen molar-refractivity contribution >= 4 is 11.6 Å². The highest BCUT2D eigenvalue weighted by Crippen LogP contribution is 2.10. The minimum Gasteiger partial charge on any atom is -0.298 e. The maximum atomic E-state index is 5.87. The molecule has 0 aliphatic heterocycles. The van der Waals surface area contributed by atoms with Crippen LogP contribution in [-0.4, -0.2) is 23.0 Å².